The molecule has 2 aromatic carbocycles. The molecule has 0 aliphatic carbocycles. The van der Waals surface area contributed by atoms with E-state index < -0.39 is 15.8 Å². The molecule has 0 atom stereocenters. The average Bonchev–Trinajstić information content (AvgIpc) is 2.63. The van der Waals surface area contributed by atoms with Crippen molar-refractivity contribution in [2.45, 2.75) is 19.1 Å². The first-order valence-electron chi connectivity index (χ1n) is 8.67. The number of rotatable bonds is 10. The maximum Gasteiger partial charge on any atom is 0.338 e. The van der Waals surface area contributed by atoms with Crippen LogP contribution in [0.1, 0.15) is 29.3 Å². The summed E-state index contributed by atoms with van der Waals surface area (Å²) in [6, 6.07) is 13.6. The molecule has 0 N–H and O–H groups in total. The Bertz CT molecular complexity index is 826. The number of sulfone groups is 1. The van der Waals surface area contributed by atoms with Crippen molar-refractivity contribution in [2.24, 2.45) is 0 Å². The quantitative estimate of drug-likeness (QED) is 0.456. The van der Waals surface area contributed by atoms with Gasteiger partial charge in [0, 0.05) is 6.26 Å². The molecule has 2 aromatic rings. The van der Waals surface area contributed by atoms with E-state index in [-0.39, 0.29) is 19.0 Å². The van der Waals surface area contributed by atoms with Gasteiger partial charge < -0.3 is 14.2 Å². The van der Waals surface area contributed by atoms with E-state index in [1.807, 2.05) is 19.1 Å². The highest BCUT2D eigenvalue weighted by atomic mass is 32.2. The number of carbonyl (C=O) groups is 1. The number of esters is 1. The fourth-order valence-electron chi connectivity index (χ4n) is 2.27. The van der Waals surface area contributed by atoms with Crippen molar-refractivity contribution in [1.29, 1.82) is 0 Å². The van der Waals surface area contributed by atoms with E-state index in [4.69, 9.17) is 14.2 Å². The molecule has 0 aromatic heterocycles. The van der Waals surface area contributed by atoms with Gasteiger partial charge in [0.1, 0.15) is 24.7 Å². The predicted octanol–water partition coefficient (Wildman–Crippen LogP) is 3.26. The standard InChI is InChI=1S/C20H24O6S/c1-3-12-24-18-8-10-19(11-9-18)25-13-14-26-20(21)17-6-4-16(5-7-17)15-27(2,22)23/h4-11H,3,12-15H2,1-2H3. The first kappa shape index (κ1) is 20.8. The smallest absolute Gasteiger partial charge is 0.338 e. The van der Waals surface area contributed by atoms with Crippen LogP contribution in [0, 0.1) is 0 Å². The zero-order valence-corrected chi connectivity index (χ0v) is 16.3. The van der Waals surface area contributed by atoms with Gasteiger partial charge >= 0.3 is 5.97 Å². The Morgan fingerprint density at radius 1 is 0.852 bits per heavy atom. The third-order valence-corrected chi connectivity index (χ3v) is 4.36. The van der Waals surface area contributed by atoms with Crippen molar-refractivity contribution in [1.82, 2.24) is 0 Å². The van der Waals surface area contributed by atoms with Crippen molar-refractivity contribution in [3.8, 4) is 11.5 Å². The third kappa shape index (κ3) is 7.70. The number of benzene rings is 2. The summed E-state index contributed by atoms with van der Waals surface area (Å²) < 4.78 is 38.7. The molecule has 0 radical (unpaired) electrons. The molecule has 6 nitrogen and oxygen atoms in total. The minimum atomic E-state index is -3.10. The Morgan fingerprint density at radius 2 is 1.41 bits per heavy atom. The number of carbonyl (C=O) groups excluding carboxylic acids is 1. The first-order valence-corrected chi connectivity index (χ1v) is 10.7. The van der Waals surface area contributed by atoms with Crippen molar-refractivity contribution in [3.63, 3.8) is 0 Å². The van der Waals surface area contributed by atoms with E-state index in [9.17, 15) is 13.2 Å². The molecule has 0 heterocycles. The van der Waals surface area contributed by atoms with Gasteiger partial charge in [-0.25, -0.2) is 13.2 Å². The Labute approximate surface area is 160 Å². The van der Waals surface area contributed by atoms with Crippen molar-refractivity contribution in [2.75, 3.05) is 26.1 Å². The van der Waals surface area contributed by atoms with Crippen LogP contribution in [0.4, 0.5) is 0 Å². The summed E-state index contributed by atoms with van der Waals surface area (Å²) in [5, 5.41) is 0. The summed E-state index contributed by atoms with van der Waals surface area (Å²) in [5.74, 6) is 0.918. The van der Waals surface area contributed by atoms with Gasteiger partial charge in [0.2, 0.25) is 0 Å². The lowest BCUT2D eigenvalue weighted by Gasteiger charge is -2.09. The zero-order chi connectivity index (χ0) is 19.7. The summed E-state index contributed by atoms with van der Waals surface area (Å²) in [6.45, 7) is 3.05. The van der Waals surface area contributed by atoms with Gasteiger partial charge in [0.25, 0.3) is 0 Å². The van der Waals surface area contributed by atoms with Crippen LogP contribution >= 0.6 is 0 Å². The van der Waals surface area contributed by atoms with Crippen LogP contribution in [-0.2, 0) is 20.3 Å². The second kappa shape index (κ2) is 9.97. The average molecular weight is 392 g/mol. The Kier molecular flexibility index (Phi) is 7.67. The van der Waals surface area contributed by atoms with E-state index >= 15 is 0 Å². The topological polar surface area (TPSA) is 78.9 Å². The van der Waals surface area contributed by atoms with Crippen LogP contribution in [0.15, 0.2) is 48.5 Å². The molecular formula is C20H24O6S. The van der Waals surface area contributed by atoms with Crippen LogP contribution in [0.3, 0.4) is 0 Å². The maximum atomic E-state index is 12.0. The number of hydrogen-bond donors (Lipinski definition) is 0. The molecule has 0 spiro atoms. The molecule has 27 heavy (non-hydrogen) atoms. The fraction of sp³-hybridized carbons (Fsp3) is 0.350. The fourth-order valence-corrected chi connectivity index (χ4v) is 3.07. The summed E-state index contributed by atoms with van der Waals surface area (Å²) in [5.41, 5.74) is 0.994. The van der Waals surface area contributed by atoms with E-state index in [1.54, 1.807) is 36.4 Å². The second-order valence-corrected chi connectivity index (χ2v) is 8.21. The molecule has 7 heteroatoms. The molecule has 0 fully saturated rings. The summed E-state index contributed by atoms with van der Waals surface area (Å²) in [7, 11) is -3.10. The number of ether oxygens (including phenoxy) is 3. The molecule has 0 aliphatic rings. The van der Waals surface area contributed by atoms with Crippen molar-refractivity contribution < 1.29 is 27.4 Å². The lowest BCUT2D eigenvalue weighted by molar-refractivity contribution is 0.0450. The van der Waals surface area contributed by atoms with Gasteiger partial charge in [-0.2, -0.15) is 0 Å². The molecule has 0 aliphatic heterocycles. The van der Waals surface area contributed by atoms with E-state index in [0.717, 1.165) is 12.2 Å². The molecular weight excluding hydrogens is 368 g/mol. The Hall–Kier alpha value is -2.54. The lowest BCUT2D eigenvalue weighted by Crippen LogP contribution is -2.12. The monoisotopic (exact) mass is 392 g/mol. The van der Waals surface area contributed by atoms with E-state index in [0.29, 0.717) is 23.5 Å². The summed E-state index contributed by atoms with van der Waals surface area (Å²) >= 11 is 0. The van der Waals surface area contributed by atoms with Crippen LogP contribution in [0.5, 0.6) is 11.5 Å². The third-order valence-electron chi connectivity index (χ3n) is 3.50. The highest BCUT2D eigenvalue weighted by Gasteiger charge is 2.09. The minimum absolute atomic E-state index is 0.0571. The van der Waals surface area contributed by atoms with Crippen LogP contribution in [0.25, 0.3) is 0 Å². The molecule has 2 rings (SSSR count). The molecule has 0 amide bonds. The van der Waals surface area contributed by atoms with Crippen LogP contribution in [-0.4, -0.2) is 40.5 Å². The van der Waals surface area contributed by atoms with Gasteiger partial charge in [-0.3, -0.25) is 0 Å². The molecule has 0 unspecified atom stereocenters. The molecule has 0 saturated heterocycles. The summed E-state index contributed by atoms with van der Waals surface area (Å²) in [6.07, 6.45) is 2.12. The van der Waals surface area contributed by atoms with E-state index in [1.165, 1.54) is 6.26 Å². The summed E-state index contributed by atoms with van der Waals surface area (Å²) in [4.78, 5) is 12.0. The molecule has 0 saturated carbocycles. The highest BCUT2D eigenvalue weighted by molar-refractivity contribution is 7.89. The Morgan fingerprint density at radius 3 is 1.93 bits per heavy atom. The van der Waals surface area contributed by atoms with Gasteiger partial charge in [-0.15, -0.1) is 0 Å². The SMILES string of the molecule is CCCOc1ccc(OCCOC(=O)c2ccc(CS(C)(=O)=O)cc2)cc1. The zero-order valence-electron chi connectivity index (χ0n) is 15.5. The van der Waals surface area contributed by atoms with Crippen LogP contribution in [0.2, 0.25) is 0 Å². The van der Waals surface area contributed by atoms with E-state index in [2.05, 4.69) is 0 Å². The van der Waals surface area contributed by atoms with Crippen molar-refractivity contribution >= 4 is 15.8 Å². The normalized spacial score (nSPS) is 11.0. The number of hydrogen-bond acceptors (Lipinski definition) is 6. The Balaban J connectivity index is 1.74. The second-order valence-electron chi connectivity index (χ2n) is 6.07. The predicted molar refractivity (Wildman–Crippen MR) is 103 cm³/mol. The largest absolute Gasteiger partial charge is 0.494 e. The molecule has 0 bridgehead atoms. The lowest BCUT2D eigenvalue weighted by atomic mass is 10.1. The molecule has 146 valence electrons. The van der Waals surface area contributed by atoms with Gasteiger partial charge in [0.05, 0.1) is 17.9 Å². The van der Waals surface area contributed by atoms with Gasteiger partial charge in [0.15, 0.2) is 9.84 Å². The highest BCUT2D eigenvalue weighted by Crippen LogP contribution is 2.17. The maximum absolute atomic E-state index is 12.0. The minimum Gasteiger partial charge on any atom is -0.494 e. The van der Waals surface area contributed by atoms with Gasteiger partial charge in [-0.1, -0.05) is 19.1 Å². The van der Waals surface area contributed by atoms with Gasteiger partial charge in [-0.05, 0) is 48.4 Å². The van der Waals surface area contributed by atoms with Crippen molar-refractivity contribution in [3.05, 3.63) is 59.7 Å². The first-order chi connectivity index (χ1) is 12.9. The van der Waals surface area contributed by atoms with Crippen LogP contribution < -0.4 is 9.47 Å².